The lowest BCUT2D eigenvalue weighted by Gasteiger charge is -2.16. The summed E-state index contributed by atoms with van der Waals surface area (Å²) in [7, 11) is 0. The molecule has 1 atom stereocenters. The van der Waals surface area contributed by atoms with E-state index < -0.39 is 11.7 Å². The Labute approximate surface area is 93.7 Å². The second-order valence-electron chi connectivity index (χ2n) is 3.82. The summed E-state index contributed by atoms with van der Waals surface area (Å²) in [6.45, 7) is 4.58. The van der Waals surface area contributed by atoms with Gasteiger partial charge in [-0.15, -0.1) is 0 Å². The van der Waals surface area contributed by atoms with Gasteiger partial charge in [0.05, 0.1) is 5.56 Å². The van der Waals surface area contributed by atoms with Gasteiger partial charge >= 0.3 is 6.18 Å². The second kappa shape index (κ2) is 5.34. The van der Waals surface area contributed by atoms with Crippen LogP contribution in [0.15, 0.2) is 24.3 Å². The van der Waals surface area contributed by atoms with Crippen LogP contribution in [-0.4, -0.2) is 12.6 Å². The van der Waals surface area contributed by atoms with Crippen molar-refractivity contribution >= 4 is 0 Å². The van der Waals surface area contributed by atoms with Crippen LogP contribution < -0.4 is 5.32 Å². The molecule has 0 saturated carbocycles. The fraction of sp³-hybridized carbons (Fsp3) is 0.500. The van der Waals surface area contributed by atoms with E-state index in [-0.39, 0.29) is 6.04 Å². The second-order valence-corrected chi connectivity index (χ2v) is 3.82. The summed E-state index contributed by atoms with van der Waals surface area (Å²) in [5, 5.41) is 3.11. The maximum atomic E-state index is 12.7. The van der Waals surface area contributed by atoms with Gasteiger partial charge in [-0.25, -0.2) is 0 Å². The van der Waals surface area contributed by atoms with Crippen LogP contribution in [0.3, 0.4) is 0 Å². The standard InChI is InChI=1S/C12H16F3N/c1-3-16-9(2)8-10-6-4-5-7-11(10)12(13,14)15/h4-7,9,16H,3,8H2,1-2H3/t9-/m0/s1. The number of rotatable bonds is 4. The minimum absolute atomic E-state index is 0.0495. The van der Waals surface area contributed by atoms with Crippen molar-refractivity contribution in [3.05, 3.63) is 35.4 Å². The number of benzene rings is 1. The Morgan fingerprint density at radius 3 is 2.44 bits per heavy atom. The smallest absolute Gasteiger partial charge is 0.314 e. The van der Waals surface area contributed by atoms with Crippen molar-refractivity contribution in [2.45, 2.75) is 32.5 Å². The molecule has 0 bridgehead atoms. The zero-order valence-corrected chi connectivity index (χ0v) is 9.43. The number of halogens is 3. The molecule has 0 radical (unpaired) electrons. The molecule has 0 heterocycles. The number of alkyl halides is 3. The van der Waals surface area contributed by atoms with Gasteiger partial charge in [-0.2, -0.15) is 13.2 Å². The van der Waals surface area contributed by atoms with E-state index in [1.807, 2.05) is 13.8 Å². The first-order valence-electron chi connectivity index (χ1n) is 5.33. The fourth-order valence-electron chi connectivity index (χ4n) is 1.73. The predicted octanol–water partition coefficient (Wildman–Crippen LogP) is 3.25. The van der Waals surface area contributed by atoms with Gasteiger partial charge in [0.25, 0.3) is 0 Å². The van der Waals surface area contributed by atoms with Crippen LogP contribution in [0.4, 0.5) is 13.2 Å². The van der Waals surface area contributed by atoms with Crippen LogP contribution >= 0.6 is 0 Å². The Hall–Kier alpha value is -1.03. The maximum Gasteiger partial charge on any atom is 0.416 e. The van der Waals surface area contributed by atoms with Gasteiger partial charge in [0.1, 0.15) is 0 Å². The molecule has 1 aromatic rings. The van der Waals surface area contributed by atoms with E-state index in [2.05, 4.69) is 5.32 Å². The van der Waals surface area contributed by atoms with Gasteiger partial charge in [0.2, 0.25) is 0 Å². The lowest BCUT2D eigenvalue weighted by molar-refractivity contribution is -0.138. The molecule has 0 amide bonds. The van der Waals surface area contributed by atoms with Crippen LogP contribution in [0.5, 0.6) is 0 Å². The molecular formula is C12H16F3N. The normalized spacial score (nSPS) is 13.8. The fourth-order valence-corrected chi connectivity index (χ4v) is 1.73. The molecule has 0 saturated heterocycles. The highest BCUT2D eigenvalue weighted by Gasteiger charge is 2.32. The molecular weight excluding hydrogens is 215 g/mol. The van der Waals surface area contributed by atoms with E-state index in [1.165, 1.54) is 12.1 Å². The van der Waals surface area contributed by atoms with Crippen molar-refractivity contribution in [1.29, 1.82) is 0 Å². The molecule has 0 aromatic heterocycles. The van der Waals surface area contributed by atoms with Crippen LogP contribution in [0.25, 0.3) is 0 Å². The summed E-state index contributed by atoms with van der Waals surface area (Å²) in [6, 6.07) is 5.78. The molecule has 0 spiro atoms. The van der Waals surface area contributed by atoms with Gasteiger partial charge in [0, 0.05) is 6.04 Å². The topological polar surface area (TPSA) is 12.0 Å². The van der Waals surface area contributed by atoms with E-state index in [9.17, 15) is 13.2 Å². The highest BCUT2D eigenvalue weighted by molar-refractivity contribution is 5.30. The summed E-state index contributed by atoms with van der Waals surface area (Å²) >= 11 is 0. The predicted molar refractivity (Wildman–Crippen MR) is 58.3 cm³/mol. The number of nitrogens with one attached hydrogen (secondary N) is 1. The monoisotopic (exact) mass is 231 g/mol. The molecule has 0 aliphatic rings. The Balaban J connectivity index is 2.87. The van der Waals surface area contributed by atoms with Crippen LogP contribution in [0.2, 0.25) is 0 Å². The number of likely N-dealkylation sites (N-methyl/N-ethyl adjacent to an activating group) is 1. The van der Waals surface area contributed by atoms with Crippen molar-refractivity contribution in [2.24, 2.45) is 0 Å². The van der Waals surface area contributed by atoms with E-state index >= 15 is 0 Å². The molecule has 1 aromatic carbocycles. The maximum absolute atomic E-state index is 12.7. The molecule has 1 nitrogen and oxygen atoms in total. The van der Waals surface area contributed by atoms with Crippen molar-refractivity contribution in [3.63, 3.8) is 0 Å². The lowest BCUT2D eigenvalue weighted by Crippen LogP contribution is -2.28. The molecule has 0 aliphatic heterocycles. The molecule has 0 fully saturated rings. The minimum Gasteiger partial charge on any atom is -0.314 e. The molecule has 16 heavy (non-hydrogen) atoms. The highest BCUT2D eigenvalue weighted by Crippen LogP contribution is 2.32. The average Bonchev–Trinajstić information content (AvgIpc) is 2.17. The number of hydrogen-bond acceptors (Lipinski definition) is 1. The molecule has 1 rings (SSSR count). The first-order chi connectivity index (χ1) is 7.45. The van der Waals surface area contributed by atoms with Crippen LogP contribution in [-0.2, 0) is 12.6 Å². The van der Waals surface area contributed by atoms with Gasteiger partial charge < -0.3 is 5.32 Å². The highest BCUT2D eigenvalue weighted by atomic mass is 19.4. The van der Waals surface area contributed by atoms with Gasteiger partial charge in [-0.1, -0.05) is 25.1 Å². The lowest BCUT2D eigenvalue weighted by atomic mass is 10.0. The Morgan fingerprint density at radius 2 is 1.88 bits per heavy atom. The first-order valence-corrected chi connectivity index (χ1v) is 5.33. The largest absolute Gasteiger partial charge is 0.416 e. The SMILES string of the molecule is CCN[C@@H](C)Cc1ccccc1C(F)(F)F. The third kappa shape index (κ3) is 3.52. The minimum atomic E-state index is -4.26. The summed E-state index contributed by atoms with van der Waals surface area (Å²) in [4.78, 5) is 0. The summed E-state index contributed by atoms with van der Waals surface area (Å²) in [5.41, 5.74) is -0.178. The Morgan fingerprint density at radius 1 is 1.25 bits per heavy atom. The Bertz CT molecular complexity index is 333. The number of hydrogen-bond donors (Lipinski definition) is 1. The van der Waals surface area contributed by atoms with Crippen LogP contribution in [0.1, 0.15) is 25.0 Å². The zero-order valence-electron chi connectivity index (χ0n) is 9.43. The van der Waals surface area contributed by atoms with Crippen molar-refractivity contribution in [3.8, 4) is 0 Å². The van der Waals surface area contributed by atoms with E-state index in [0.29, 0.717) is 12.0 Å². The third-order valence-corrected chi connectivity index (χ3v) is 2.40. The Kier molecular flexibility index (Phi) is 4.35. The van der Waals surface area contributed by atoms with Gasteiger partial charge in [0.15, 0.2) is 0 Å². The van der Waals surface area contributed by atoms with Crippen molar-refractivity contribution in [1.82, 2.24) is 5.32 Å². The quantitative estimate of drug-likeness (QED) is 0.838. The van der Waals surface area contributed by atoms with E-state index in [4.69, 9.17) is 0 Å². The summed E-state index contributed by atoms with van der Waals surface area (Å²) in [5.74, 6) is 0. The molecule has 0 aliphatic carbocycles. The van der Waals surface area contributed by atoms with E-state index in [1.54, 1.807) is 6.07 Å². The molecule has 90 valence electrons. The van der Waals surface area contributed by atoms with Crippen LogP contribution in [0, 0.1) is 0 Å². The van der Waals surface area contributed by atoms with Crippen molar-refractivity contribution in [2.75, 3.05) is 6.54 Å². The molecule has 0 unspecified atom stereocenters. The average molecular weight is 231 g/mol. The summed E-state index contributed by atoms with van der Waals surface area (Å²) in [6.07, 6.45) is -3.87. The third-order valence-electron chi connectivity index (χ3n) is 2.40. The molecule has 1 N–H and O–H groups in total. The first kappa shape index (κ1) is 13.0. The zero-order chi connectivity index (χ0) is 12.2. The molecule has 4 heteroatoms. The van der Waals surface area contributed by atoms with E-state index in [0.717, 1.165) is 12.6 Å². The van der Waals surface area contributed by atoms with Gasteiger partial charge in [-0.3, -0.25) is 0 Å². The summed E-state index contributed by atoms with van der Waals surface area (Å²) < 4.78 is 38.0. The van der Waals surface area contributed by atoms with Gasteiger partial charge in [-0.05, 0) is 31.5 Å². The van der Waals surface area contributed by atoms with Crippen molar-refractivity contribution < 1.29 is 13.2 Å².